The van der Waals surface area contributed by atoms with E-state index in [1.54, 1.807) is 57.2 Å². The molecule has 0 heterocycles. The molecule has 0 bridgehead atoms. The molecule has 0 fully saturated rings. The fraction of sp³-hybridized carbons (Fsp3) is 0.310. The van der Waals surface area contributed by atoms with Gasteiger partial charge in [0.1, 0.15) is 17.7 Å². The highest BCUT2D eigenvalue weighted by Gasteiger charge is 2.36. The number of primary amides is 1. The lowest BCUT2D eigenvalue weighted by molar-refractivity contribution is -0.142. The second kappa shape index (κ2) is 12.9. The van der Waals surface area contributed by atoms with Crippen LogP contribution in [0, 0.1) is 0 Å². The highest BCUT2D eigenvalue weighted by molar-refractivity contribution is 6.01. The Morgan fingerprint density at radius 2 is 1.59 bits per heavy atom. The second-order valence-corrected chi connectivity index (χ2v) is 9.99. The van der Waals surface area contributed by atoms with E-state index in [9.17, 15) is 24.3 Å². The molecular weight excluding hydrogens is 500 g/mol. The van der Waals surface area contributed by atoms with Crippen molar-refractivity contribution in [3.8, 4) is 0 Å². The molecule has 0 saturated heterocycles. The van der Waals surface area contributed by atoms with E-state index in [2.05, 4.69) is 10.6 Å². The molecule has 10 nitrogen and oxygen atoms in total. The first-order chi connectivity index (χ1) is 18.5. The van der Waals surface area contributed by atoms with Crippen LogP contribution in [0.3, 0.4) is 0 Å². The lowest BCUT2D eigenvalue weighted by Crippen LogP contribution is -2.54. The number of carbonyl (C=O) groups excluding carboxylic acids is 4. The lowest BCUT2D eigenvalue weighted by Gasteiger charge is -2.34. The number of anilines is 1. The average molecular weight is 535 g/mol. The van der Waals surface area contributed by atoms with Gasteiger partial charge in [-0.1, -0.05) is 60.7 Å². The topological polar surface area (TPSA) is 151 Å². The Labute approximate surface area is 227 Å². The molecule has 2 unspecified atom stereocenters. The number of alkyl carbamates (subject to hydrolysis) is 1. The maximum atomic E-state index is 13.8. The van der Waals surface area contributed by atoms with E-state index in [1.807, 2.05) is 36.4 Å². The maximum Gasteiger partial charge on any atom is 0.408 e. The standard InChI is InChI=1S/C29H34N4O6/c1-29(2,3)39-28(38)32-23(18-24(30)35)27(37)33(15-16-34)25(20-10-5-4-6-11-20)26(36)31-22-14-13-19-9-7-8-12-21(19)17-22/h4-14,17,23,25,34H,15-16,18H2,1-3H3,(H2,30,35)(H,31,36)(H,32,38). The predicted molar refractivity (Wildman–Crippen MR) is 148 cm³/mol. The summed E-state index contributed by atoms with van der Waals surface area (Å²) in [6.07, 6.45) is -1.46. The summed E-state index contributed by atoms with van der Waals surface area (Å²) in [5.41, 5.74) is 5.49. The Balaban J connectivity index is 1.97. The van der Waals surface area contributed by atoms with Gasteiger partial charge in [0.15, 0.2) is 0 Å². The number of amides is 4. The summed E-state index contributed by atoms with van der Waals surface area (Å²) in [7, 11) is 0. The molecule has 0 aliphatic carbocycles. The molecule has 3 rings (SSSR count). The van der Waals surface area contributed by atoms with Crippen LogP contribution in [0.4, 0.5) is 10.5 Å². The van der Waals surface area contributed by atoms with Crippen molar-refractivity contribution in [2.24, 2.45) is 5.73 Å². The first-order valence-corrected chi connectivity index (χ1v) is 12.5. The van der Waals surface area contributed by atoms with Crippen LogP contribution in [0.2, 0.25) is 0 Å². The molecule has 0 aromatic heterocycles. The van der Waals surface area contributed by atoms with E-state index in [4.69, 9.17) is 10.5 Å². The molecular formula is C29H34N4O6. The third kappa shape index (κ3) is 8.27. The summed E-state index contributed by atoms with van der Waals surface area (Å²) in [4.78, 5) is 52.9. The van der Waals surface area contributed by atoms with Gasteiger partial charge in [0.05, 0.1) is 13.0 Å². The van der Waals surface area contributed by atoms with E-state index in [-0.39, 0.29) is 6.54 Å². The van der Waals surface area contributed by atoms with Crippen molar-refractivity contribution >= 4 is 40.3 Å². The van der Waals surface area contributed by atoms with Gasteiger partial charge >= 0.3 is 6.09 Å². The number of carbonyl (C=O) groups is 4. The number of hydrogen-bond donors (Lipinski definition) is 4. The summed E-state index contributed by atoms with van der Waals surface area (Å²) < 4.78 is 5.24. The predicted octanol–water partition coefficient (Wildman–Crippen LogP) is 3.11. The van der Waals surface area contributed by atoms with Crippen molar-refractivity contribution in [3.63, 3.8) is 0 Å². The van der Waals surface area contributed by atoms with Gasteiger partial charge in [0.25, 0.3) is 5.91 Å². The Hall–Kier alpha value is -4.44. The smallest absolute Gasteiger partial charge is 0.408 e. The average Bonchev–Trinajstić information content (AvgIpc) is 2.87. The van der Waals surface area contributed by atoms with Crippen LogP contribution in [-0.2, 0) is 19.1 Å². The number of rotatable bonds is 10. The summed E-state index contributed by atoms with van der Waals surface area (Å²) in [6, 6.07) is 19.0. The fourth-order valence-corrected chi connectivity index (χ4v) is 4.11. The molecule has 0 saturated carbocycles. The van der Waals surface area contributed by atoms with Gasteiger partial charge in [-0.15, -0.1) is 0 Å². The number of fused-ring (bicyclic) bond motifs is 1. The highest BCUT2D eigenvalue weighted by Crippen LogP contribution is 2.26. The number of aliphatic hydroxyl groups excluding tert-OH is 1. The summed E-state index contributed by atoms with van der Waals surface area (Å²) in [6.45, 7) is 4.22. The van der Waals surface area contributed by atoms with Crippen LogP contribution >= 0.6 is 0 Å². The number of hydrogen-bond acceptors (Lipinski definition) is 6. The second-order valence-electron chi connectivity index (χ2n) is 9.99. The van der Waals surface area contributed by atoms with Gasteiger partial charge in [-0.25, -0.2) is 4.79 Å². The first kappa shape index (κ1) is 29.1. The van der Waals surface area contributed by atoms with Crippen molar-refractivity contribution in [1.82, 2.24) is 10.2 Å². The van der Waals surface area contributed by atoms with E-state index in [1.165, 1.54) is 0 Å². The lowest BCUT2D eigenvalue weighted by atomic mass is 10.0. The summed E-state index contributed by atoms with van der Waals surface area (Å²) in [5, 5.41) is 17.0. The Bertz CT molecular complexity index is 1320. The molecule has 2 atom stereocenters. The zero-order valence-electron chi connectivity index (χ0n) is 22.2. The Morgan fingerprint density at radius 3 is 2.21 bits per heavy atom. The van der Waals surface area contributed by atoms with Crippen molar-refractivity contribution < 1.29 is 29.0 Å². The van der Waals surface area contributed by atoms with Crippen LogP contribution in [-0.4, -0.2) is 58.6 Å². The molecule has 3 aromatic rings. The zero-order chi connectivity index (χ0) is 28.6. The number of ether oxygens (including phenoxy) is 1. The first-order valence-electron chi connectivity index (χ1n) is 12.5. The molecule has 39 heavy (non-hydrogen) atoms. The van der Waals surface area contributed by atoms with Crippen LogP contribution in [0.25, 0.3) is 10.8 Å². The van der Waals surface area contributed by atoms with E-state index < -0.39 is 54.5 Å². The molecule has 0 spiro atoms. The third-order valence-electron chi connectivity index (χ3n) is 5.71. The highest BCUT2D eigenvalue weighted by atomic mass is 16.6. The van der Waals surface area contributed by atoms with Gasteiger partial charge in [-0.2, -0.15) is 0 Å². The number of benzene rings is 3. The zero-order valence-corrected chi connectivity index (χ0v) is 22.2. The molecule has 206 valence electrons. The number of nitrogens with one attached hydrogen (secondary N) is 2. The van der Waals surface area contributed by atoms with Crippen molar-refractivity contribution in [3.05, 3.63) is 78.4 Å². The minimum absolute atomic E-state index is 0.255. The number of nitrogens with two attached hydrogens (primary N) is 1. The molecule has 4 amide bonds. The minimum Gasteiger partial charge on any atom is -0.444 e. The molecule has 5 N–H and O–H groups in total. The van der Waals surface area contributed by atoms with E-state index >= 15 is 0 Å². The maximum absolute atomic E-state index is 13.8. The largest absolute Gasteiger partial charge is 0.444 e. The molecule has 0 radical (unpaired) electrons. The van der Waals surface area contributed by atoms with Gasteiger partial charge in [0.2, 0.25) is 11.8 Å². The van der Waals surface area contributed by atoms with Crippen molar-refractivity contribution in [2.75, 3.05) is 18.5 Å². The molecule has 10 heteroatoms. The number of aliphatic hydroxyl groups is 1. The van der Waals surface area contributed by atoms with Crippen LogP contribution < -0.4 is 16.4 Å². The van der Waals surface area contributed by atoms with Gasteiger partial charge in [0, 0.05) is 12.2 Å². The quantitative estimate of drug-likeness (QED) is 0.314. The van der Waals surface area contributed by atoms with Crippen molar-refractivity contribution in [1.29, 1.82) is 0 Å². The SMILES string of the molecule is CC(C)(C)OC(=O)NC(CC(N)=O)C(=O)N(CCO)C(C(=O)Nc1ccc2ccccc2c1)c1ccccc1. The minimum atomic E-state index is -1.43. The normalized spacial score (nSPS) is 12.7. The Morgan fingerprint density at radius 1 is 0.949 bits per heavy atom. The monoisotopic (exact) mass is 534 g/mol. The summed E-state index contributed by atoms with van der Waals surface area (Å²) >= 11 is 0. The van der Waals surface area contributed by atoms with E-state index in [0.29, 0.717) is 11.3 Å². The van der Waals surface area contributed by atoms with Gasteiger partial charge in [-0.05, 0) is 49.2 Å². The molecule has 0 aliphatic heterocycles. The molecule has 3 aromatic carbocycles. The summed E-state index contributed by atoms with van der Waals surface area (Å²) in [5.74, 6) is -2.17. The van der Waals surface area contributed by atoms with Crippen LogP contribution in [0.1, 0.15) is 38.8 Å². The number of nitrogens with zero attached hydrogens (tertiary/aromatic N) is 1. The van der Waals surface area contributed by atoms with Gasteiger partial charge < -0.3 is 31.1 Å². The fourth-order valence-electron chi connectivity index (χ4n) is 4.11. The van der Waals surface area contributed by atoms with Crippen LogP contribution in [0.5, 0.6) is 0 Å². The van der Waals surface area contributed by atoms with E-state index in [0.717, 1.165) is 15.7 Å². The third-order valence-corrected chi connectivity index (χ3v) is 5.71. The Kier molecular flexibility index (Phi) is 9.62. The van der Waals surface area contributed by atoms with Crippen LogP contribution in [0.15, 0.2) is 72.8 Å². The van der Waals surface area contributed by atoms with Crippen molar-refractivity contribution in [2.45, 2.75) is 44.9 Å². The van der Waals surface area contributed by atoms with Gasteiger partial charge in [-0.3, -0.25) is 14.4 Å². The molecule has 0 aliphatic rings.